The van der Waals surface area contributed by atoms with Gasteiger partial charge in [-0.15, -0.1) is 0 Å². The number of anilines is 1. The van der Waals surface area contributed by atoms with Gasteiger partial charge in [-0.2, -0.15) is 0 Å². The third-order valence-electron chi connectivity index (χ3n) is 3.58. The van der Waals surface area contributed by atoms with Crippen molar-refractivity contribution in [3.8, 4) is 5.75 Å². The summed E-state index contributed by atoms with van der Waals surface area (Å²) in [6.07, 6.45) is 4.42. The van der Waals surface area contributed by atoms with Crippen LogP contribution in [0.3, 0.4) is 0 Å². The standard InChI is InChI=1S/C13H15NO2/c15-11-6-4-9-3-1-2-8-14-12(16)7-5-10(11)13(9)14/h4,6,15H,1-3,5,7-8H2. The van der Waals surface area contributed by atoms with E-state index in [0.29, 0.717) is 18.6 Å². The van der Waals surface area contributed by atoms with Gasteiger partial charge in [0.1, 0.15) is 5.75 Å². The molecule has 1 aromatic carbocycles. The fourth-order valence-electron chi connectivity index (χ4n) is 2.77. The maximum atomic E-state index is 11.9. The van der Waals surface area contributed by atoms with E-state index in [-0.39, 0.29) is 5.91 Å². The van der Waals surface area contributed by atoms with E-state index in [1.807, 2.05) is 11.0 Å². The number of nitrogens with zero attached hydrogens (tertiary/aromatic N) is 1. The number of carbonyl (C=O) groups is 1. The zero-order chi connectivity index (χ0) is 11.1. The second-order valence-electron chi connectivity index (χ2n) is 4.57. The summed E-state index contributed by atoms with van der Waals surface area (Å²) in [5.41, 5.74) is 3.20. The molecule has 0 aromatic heterocycles. The quantitative estimate of drug-likeness (QED) is 0.722. The number of hydrogen-bond donors (Lipinski definition) is 1. The molecule has 0 bridgehead atoms. The Kier molecular flexibility index (Phi) is 2.13. The van der Waals surface area contributed by atoms with E-state index in [2.05, 4.69) is 0 Å². The molecular weight excluding hydrogens is 202 g/mol. The predicted molar refractivity (Wildman–Crippen MR) is 61.7 cm³/mol. The predicted octanol–water partition coefficient (Wildman–Crippen LogP) is 2.01. The summed E-state index contributed by atoms with van der Waals surface area (Å²) in [7, 11) is 0. The van der Waals surface area contributed by atoms with Crippen LogP contribution in [0.5, 0.6) is 5.75 Å². The van der Waals surface area contributed by atoms with Crippen molar-refractivity contribution in [1.29, 1.82) is 0 Å². The van der Waals surface area contributed by atoms with Crippen molar-refractivity contribution in [3.05, 3.63) is 23.3 Å². The molecule has 16 heavy (non-hydrogen) atoms. The summed E-state index contributed by atoms with van der Waals surface area (Å²) >= 11 is 0. The molecule has 2 aliphatic heterocycles. The molecule has 3 nitrogen and oxygen atoms in total. The van der Waals surface area contributed by atoms with Gasteiger partial charge in [-0.25, -0.2) is 0 Å². The summed E-state index contributed by atoms with van der Waals surface area (Å²) in [5.74, 6) is 0.555. The van der Waals surface area contributed by atoms with E-state index >= 15 is 0 Å². The topological polar surface area (TPSA) is 40.5 Å². The molecule has 0 fully saturated rings. The number of hydrogen-bond acceptors (Lipinski definition) is 2. The monoisotopic (exact) mass is 217 g/mol. The fraction of sp³-hybridized carbons (Fsp3) is 0.462. The SMILES string of the molecule is O=C1CCc2c(O)ccc3c2N1CCCC3. The number of rotatable bonds is 0. The fourth-order valence-corrected chi connectivity index (χ4v) is 2.77. The Morgan fingerprint density at radius 1 is 1.12 bits per heavy atom. The molecule has 3 heteroatoms. The van der Waals surface area contributed by atoms with Gasteiger partial charge in [0, 0.05) is 18.5 Å². The van der Waals surface area contributed by atoms with Crippen LogP contribution in [0.25, 0.3) is 0 Å². The molecule has 0 unspecified atom stereocenters. The first kappa shape index (κ1) is 9.70. The van der Waals surface area contributed by atoms with Crippen LogP contribution in [-0.2, 0) is 17.6 Å². The van der Waals surface area contributed by atoms with Gasteiger partial charge in [0.05, 0.1) is 5.69 Å². The minimum absolute atomic E-state index is 0.209. The smallest absolute Gasteiger partial charge is 0.227 e. The van der Waals surface area contributed by atoms with Crippen LogP contribution < -0.4 is 4.90 Å². The van der Waals surface area contributed by atoms with Crippen molar-refractivity contribution in [2.24, 2.45) is 0 Å². The minimum atomic E-state index is 0.209. The summed E-state index contributed by atoms with van der Waals surface area (Å²) in [5, 5.41) is 9.86. The van der Waals surface area contributed by atoms with Gasteiger partial charge in [0.25, 0.3) is 0 Å². The zero-order valence-corrected chi connectivity index (χ0v) is 9.20. The van der Waals surface area contributed by atoms with Gasteiger partial charge in [0.15, 0.2) is 0 Å². The molecule has 0 saturated carbocycles. The van der Waals surface area contributed by atoms with Gasteiger partial charge in [0.2, 0.25) is 5.91 Å². The van der Waals surface area contributed by atoms with Crippen LogP contribution >= 0.6 is 0 Å². The molecule has 1 amide bonds. The molecule has 0 atom stereocenters. The number of amides is 1. The van der Waals surface area contributed by atoms with Crippen LogP contribution in [-0.4, -0.2) is 17.6 Å². The average molecular weight is 217 g/mol. The van der Waals surface area contributed by atoms with E-state index < -0.39 is 0 Å². The number of phenolic OH excluding ortho intramolecular Hbond substituents is 1. The third kappa shape index (κ3) is 1.31. The summed E-state index contributed by atoms with van der Waals surface area (Å²) in [6, 6.07) is 3.73. The highest BCUT2D eigenvalue weighted by Crippen LogP contribution is 2.39. The highest BCUT2D eigenvalue weighted by Gasteiger charge is 2.29. The molecule has 0 radical (unpaired) electrons. The second kappa shape index (κ2) is 3.51. The van der Waals surface area contributed by atoms with Gasteiger partial charge in [-0.05, 0) is 37.3 Å². The normalized spacial score (nSPS) is 19.2. The van der Waals surface area contributed by atoms with Gasteiger partial charge in [-0.1, -0.05) is 6.07 Å². The van der Waals surface area contributed by atoms with Crippen LogP contribution in [0.4, 0.5) is 5.69 Å². The maximum absolute atomic E-state index is 11.9. The van der Waals surface area contributed by atoms with Crippen molar-refractivity contribution >= 4 is 11.6 Å². The van der Waals surface area contributed by atoms with E-state index in [1.54, 1.807) is 6.07 Å². The largest absolute Gasteiger partial charge is 0.508 e. The number of carbonyl (C=O) groups excluding carboxylic acids is 1. The van der Waals surface area contributed by atoms with E-state index in [0.717, 1.165) is 37.1 Å². The lowest BCUT2D eigenvalue weighted by Crippen LogP contribution is -2.35. The summed E-state index contributed by atoms with van der Waals surface area (Å²) < 4.78 is 0. The highest BCUT2D eigenvalue weighted by molar-refractivity contribution is 5.98. The molecule has 0 aliphatic carbocycles. The molecule has 84 valence electrons. The minimum Gasteiger partial charge on any atom is -0.508 e. The summed E-state index contributed by atoms with van der Waals surface area (Å²) in [4.78, 5) is 13.8. The van der Waals surface area contributed by atoms with Crippen LogP contribution in [0.15, 0.2) is 12.1 Å². The van der Waals surface area contributed by atoms with Crippen molar-refractivity contribution in [2.45, 2.75) is 32.1 Å². The molecule has 0 saturated heterocycles. The number of aryl methyl sites for hydroxylation is 1. The van der Waals surface area contributed by atoms with Crippen molar-refractivity contribution in [3.63, 3.8) is 0 Å². The Morgan fingerprint density at radius 2 is 2.00 bits per heavy atom. The lowest BCUT2D eigenvalue weighted by Gasteiger charge is -2.30. The molecule has 1 N–H and O–H groups in total. The molecule has 1 aromatic rings. The highest BCUT2D eigenvalue weighted by atomic mass is 16.3. The van der Waals surface area contributed by atoms with Crippen LogP contribution in [0, 0.1) is 0 Å². The lowest BCUT2D eigenvalue weighted by atomic mass is 9.95. The van der Waals surface area contributed by atoms with Crippen molar-refractivity contribution < 1.29 is 9.90 Å². The van der Waals surface area contributed by atoms with Gasteiger partial charge >= 0.3 is 0 Å². The first-order valence-electron chi connectivity index (χ1n) is 5.91. The van der Waals surface area contributed by atoms with Crippen LogP contribution in [0.2, 0.25) is 0 Å². The van der Waals surface area contributed by atoms with E-state index in [1.165, 1.54) is 5.56 Å². The Bertz CT molecular complexity index is 453. The lowest BCUT2D eigenvalue weighted by molar-refractivity contribution is -0.118. The van der Waals surface area contributed by atoms with Gasteiger partial charge in [-0.3, -0.25) is 4.79 Å². The van der Waals surface area contributed by atoms with E-state index in [4.69, 9.17) is 0 Å². The molecular formula is C13H15NO2. The molecule has 0 spiro atoms. The van der Waals surface area contributed by atoms with Gasteiger partial charge < -0.3 is 10.0 Å². The molecule has 2 aliphatic rings. The Hall–Kier alpha value is -1.51. The van der Waals surface area contributed by atoms with Crippen molar-refractivity contribution in [1.82, 2.24) is 0 Å². The third-order valence-corrected chi connectivity index (χ3v) is 3.58. The average Bonchev–Trinajstić information content (AvgIpc) is 2.50. The molecule has 3 rings (SSSR count). The number of benzene rings is 1. The molecule has 2 heterocycles. The number of phenols is 1. The van der Waals surface area contributed by atoms with E-state index in [9.17, 15) is 9.90 Å². The Morgan fingerprint density at radius 3 is 2.88 bits per heavy atom. The Labute approximate surface area is 94.7 Å². The number of aromatic hydroxyl groups is 1. The maximum Gasteiger partial charge on any atom is 0.227 e. The Balaban J connectivity index is 2.22. The van der Waals surface area contributed by atoms with Crippen molar-refractivity contribution in [2.75, 3.05) is 11.4 Å². The van der Waals surface area contributed by atoms with Crippen LogP contribution in [0.1, 0.15) is 30.4 Å². The first-order valence-corrected chi connectivity index (χ1v) is 5.91. The second-order valence-corrected chi connectivity index (χ2v) is 4.57. The zero-order valence-electron chi connectivity index (χ0n) is 9.20. The summed E-state index contributed by atoms with van der Waals surface area (Å²) in [6.45, 7) is 0.808. The first-order chi connectivity index (χ1) is 7.77.